The third-order valence-electron chi connectivity index (χ3n) is 6.94. The molecule has 12 nitrogen and oxygen atoms in total. The van der Waals surface area contributed by atoms with Crippen molar-refractivity contribution >= 4 is 40.5 Å². The summed E-state index contributed by atoms with van der Waals surface area (Å²) in [6.07, 6.45) is 2.99. The van der Waals surface area contributed by atoms with E-state index in [-0.39, 0.29) is 22.8 Å². The van der Waals surface area contributed by atoms with Gasteiger partial charge in [0, 0.05) is 49.3 Å². The van der Waals surface area contributed by atoms with Crippen LogP contribution < -0.4 is 20.5 Å². The van der Waals surface area contributed by atoms with Gasteiger partial charge in [-0.2, -0.15) is 5.10 Å². The van der Waals surface area contributed by atoms with Gasteiger partial charge in [0.15, 0.2) is 16.9 Å². The number of rotatable bonds is 6. The predicted octanol–water partition coefficient (Wildman–Crippen LogP) is 4.15. The van der Waals surface area contributed by atoms with E-state index in [1.165, 1.54) is 6.08 Å². The molecule has 1 fully saturated rings. The molecule has 7 N–H and O–H groups in total. The number of aliphatic carboxylic acids is 1. The minimum Gasteiger partial charge on any atom is -0.490 e. The van der Waals surface area contributed by atoms with Crippen LogP contribution in [-0.2, 0) is 15.8 Å². The van der Waals surface area contributed by atoms with E-state index < -0.39 is 17.0 Å². The Morgan fingerprint density at radius 2 is 1.77 bits per heavy atom. The van der Waals surface area contributed by atoms with Crippen molar-refractivity contribution in [2.75, 3.05) is 23.9 Å². The second-order valence-electron chi connectivity index (χ2n) is 9.97. The molecule has 0 amide bonds. The van der Waals surface area contributed by atoms with Crippen LogP contribution in [0.3, 0.4) is 0 Å². The van der Waals surface area contributed by atoms with Crippen molar-refractivity contribution in [3.8, 4) is 11.4 Å². The van der Waals surface area contributed by atoms with E-state index >= 15 is 0 Å². The number of nitrogens with two attached hydrogens (primary N) is 2. The zero-order valence-electron chi connectivity index (χ0n) is 25.8. The molecule has 3 heterocycles. The highest BCUT2D eigenvalue weighted by molar-refractivity contribution is 7.91. The van der Waals surface area contributed by atoms with E-state index in [4.69, 9.17) is 27.0 Å². The van der Waals surface area contributed by atoms with Crippen LogP contribution in [0.25, 0.3) is 11.8 Å². The van der Waals surface area contributed by atoms with Crippen LogP contribution in [0, 0.1) is 24.7 Å². The monoisotopic (exact) mass is 622 g/mol. The summed E-state index contributed by atoms with van der Waals surface area (Å²) in [5.41, 5.74) is 16.1. The minimum absolute atomic E-state index is 0.0200. The average Bonchev–Trinajstić information content (AvgIpc) is 3.36. The highest BCUT2D eigenvalue weighted by Gasteiger charge is 2.29. The zero-order chi connectivity index (χ0) is 32.6. The quantitative estimate of drug-likeness (QED) is 0.200. The summed E-state index contributed by atoms with van der Waals surface area (Å²) in [7, 11) is -1.71. The molecule has 0 radical (unpaired) electrons. The third kappa shape index (κ3) is 8.04. The van der Waals surface area contributed by atoms with Gasteiger partial charge in [0.25, 0.3) is 0 Å². The van der Waals surface area contributed by atoms with E-state index in [1.54, 1.807) is 10.4 Å². The van der Waals surface area contributed by atoms with Crippen LogP contribution in [0.2, 0.25) is 0 Å². The van der Waals surface area contributed by atoms with Crippen molar-refractivity contribution in [1.29, 1.82) is 10.8 Å². The maximum absolute atomic E-state index is 12.4. The molecule has 0 bridgehead atoms. The van der Waals surface area contributed by atoms with Gasteiger partial charge >= 0.3 is 5.97 Å². The number of guanidine groups is 1. The summed E-state index contributed by atoms with van der Waals surface area (Å²) in [5, 5.41) is 28.6. The molecule has 5 rings (SSSR count). The Labute approximate surface area is 260 Å². The number of aryl methyl sites for hydroxylation is 2. The molecule has 44 heavy (non-hydrogen) atoms. The first kappa shape index (κ1) is 33.8. The van der Waals surface area contributed by atoms with Gasteiger partial charge in [0.05, 0.1) is 17.1 Å². The van der Waals surface area contributed by atoms with Crippen molar-refractivity contribution in [3.05, 3.63) is 76.0 Å². The van der Waals surface area contributed by atoms with Gasteiger partial charge in [-0.05, 0) is 63.2 Å². The van der Waals surface area contributed by atoms with Gasteiger partial charge in [-0.25, -0.2) is 13.7 Å². The van der Waals surface area contributed by atoms with Crippen LogP contribution in [0.5, 0.6) is 5.75 Å². The fourth-order valence-electron chi connectivity index (χ4n) is 4.87. The Morgan fingerprint density at radius 3 is 2.32 bits per heavy atom. The van der Waals surface area contributed by atoms with Crippen molar-refractivity contribution in [2.45, 2.75) is 53.6 Å². The lowest BCUT2D eigenvalue weighted by molar-refractivity contribution is -0.131. The number of nitrogen functional groups attached to an aromatic ring is 1. The Morgan fingerprint density at radius 1 is 1.09 bits per heavy atom. The summed E-state index contributed by atoms with van der Waals surface area (Å²) >= 11 is 0. The summed E-state index contributed by atoms with van der Waals surface area (Å²) in [6.45, 7) is 11.6. The van der Waals surface area contributed by atoms with Crippen LogP contribution in [-0.4, -0.2) is 67.5 Å². The number of aromatic nitrogens is 2. The molecule has 1 saturated heterocycles. The van der Waals surface area contributed by atoms with E-state index in [0.29, 0.717) is 36.5 Å². The second kappa shape index (κ2) is 15.2. The third-order valence-corrected chi connectivity index (χ3v) is 8.46. The van der Waals surface area contributed by atoms with E-state index in [1.807, 2.05) is 86.7 Å². The molecule has 1 unspecified atom stereocenters. The number of hydrogen-bond acceptors (Lipinski definition) is 6. The number of benzene rings is 2. The Kier molecular flexibility index (Phi) is 11.7. The molecule has 0 spiro atoms. The van der Waals surface area contributed by atoms with Crippen molar-refractivity contribution in [1.82, 2.24) is 14.7 Å². The first-order valence-corrected chi connectivity index (χ1v) is 15.6. The van der Waals surface area contributed by atoms with E-state index in [9.17, 15) is 14.1 Å². The van der Waals surface area contributed by atoms with Gasteiger partial charge in [-0.1, -0.05) is 26.0 Å². The van der Waals surface area contributed by atoms with Gasteiger partial charge < -0.3 is 26.2 Å². The lowest BCUT2D eigenvalue weighted by Crippen LogP contribution is -2.44. The molecule has 13 heteroatoms. The van der Waals surface area contributed by atoms with Crippen LogP contribution in [0.4, 0.5) is 5.69 Å². The molecule has 2 aliphatic rings. The lowest BCUT2D eigenvalue weighted by Gasteiger charge is -2.32. The topological polar surface area (TPSA) is 188 Å². The number of likely N-dealkylation sites (tertiary alicyclic amines) is 1. The van der Waals surface area contributed by atoms with Gasteiger partial charge in [-0.3, -0.25) is 15.1 Å². The number of fused-ring (bicyclic) bond motifs is 1. The number of amidine groups is 1. The molecule has 0 saturated carbocycles. The largest absolute Gasteiger partial charge is 0.490 e. The van der Waals surface area contributed by atoms with E-state index in [0.717, 1.165) is 35.6 Å². The molecular weight excluding hydrogens is 580 g/mol. The molecule has 2 aromatic carbocycles. The highest BCUT2D eigenvalue weighted by Crippen LogP contribution is 2.35. The lowest BCUT2D eigenvalue weighted by atomic mass is 10.1. The number of carboxylic acid groups (broad SMARTS) is 1. The molecular formula is C31H42N8O4S. The second-order valence-corrected chi connectivity index (χ2v) is 11.3. The number of hydrogen-bond donors (Lipinski definition) is 5. The number of nitrogens with zero attached hydrogens (tertiary/aromatic N) is 4. The van der Waals surface area contributed by atoms with Gasteiger partial charge in [-0.15, -0.1) is 0 Å². The van der Waals surface area contributed by atoms with Crippen molar-refractivity contribution < 1.29 is 18.8 Å². The number of ether oxygens (including phenoxy) is 1. The smallest absolute Gasteiger partial charge is 0.346 e. The van der Waals surface area contributed by atoms with E-state index in [2.05, 4.69) is 5.10 Å². The van der Waals surface area contributed by atoms with Crippen LogP contribution in [0.1, 0.15) is 56.1 Å². The fraction of sp³-hybridized carbons (Fsp3) is 0.355. The Hall–Kier alpha value is -4.65. The zero-order valence-corrected chi connectivity index (χ0v) is 26.6. The molecule has 2 aliphatic heterocycles. The van der Waals surface area contributed by atoms with Crippen LogP contribution in [0.15, 0.2) is 53.4 Å². The molecule has 236 valence electrons. The first-order valence-electron chi connectivity index (χ1n) is 14.5. The maximum atomic E-state index is 12.4. The fourth-order valence-corrected chi connectivity index (χ4v) is 6.07. The number of nitrogens with one attached hydrogen (secondary N) is 2. The van der Waals surface area contributed by atoms with Crippen molar-refractivity contribution in [2.24, 2.45) is 11.5 Å². The summed E-state index contributed by atoms with van der Waals surface area (Å²) < 4.78 is 21.8. The summed E-state index contributed by atoms with van der Waals surface area (Å²) in [6, 6.07) is 14.9. The molecule has 0 aliphatic carbocycles. The highest BCUT2D eigenvalue weighted by atomic mass is 32.2. The standard InChI is InChI=1S/C17H22N4O4S.C12H14N4.C2H6/c1-2-21-14-4-3-13(9-11(14)10-15(16(22)23)26(21)24)25-12-5-7-20(8-6-12)17(18)19;1-8-6-9(2)16(15-8)11-5-3-4-10(7-11)12(13)14;1-2/h3-4,9-10,12H,2,5-8H2,1H3,(H3,18,19)(H,22,23);3-7H,1-2H3,(H3,13,14);1-2H3. The van der Waals surface area contributed by atoms with Gasteiger partial charge in [0.1, 0.15) is 22.6 Å². The first-order chi connectivity index (χ1) is 21.0. The van der Waals surface area contributed by atoms with Crippen LogP contribution >= 0.6 is 0 Å². The average molecular weight is 623 g/mol. The molecule has 1 atom stereocenters. The number of piperidine rings is 1. The molecule has 1 aromatic heterocycles. The Balaban J connectivity index is 0.000000251. The SMILES string of the molecule is CC.CCN1c2ccc(OC3CCN(C(=N)N)CC3)cc2C=C(C(=O)O)S1=O.Cc1cc(C)n(-c2cccc(C(=N)N)c2)n1. The number of carboxylic acids is 1. The maximum Gasteiger partial charge on any atom is 0.346 e. The van der Waals surface area contributed by atoms with Crippen molar-refractivity contribution in [3.63, 3.8) is 0 Å². The molecule has 3 aromatic rings. The number of carbonyl (C=O) groups is 1. The minimum atomic E-state index is -1.71. The van der Waals surface area contributed by atoms with Gasteiger partial charge in [0.2, 0.25) is 0 Å². The Bertz CT molecular complexity index is 1560. The predicted molar refractivity (Wildman–Crippen MR) is 176 cm³/mol. The summed E-state index contributed by atoms with van der Waals surface area (Å²) in [5.74, 6) is -0.385. The normalized spacial score (nSPS) is 15.9. The summed E-state index contributed by atoms with van der Waals surface area (Å²) in [4.78, 5) is 13.0. The number of anilines is 1.